The summed E-state index contributed by atoms with van der Waals surface area (Å²) >= 11 is 0. The van der Waals surface area contributed by atoms with Gasteiger partial charge in [-0.05, 0) is 6.42 Å². The smallest absolute Gasteiger partial charge is 0.0659 e. The molecule has 1 atom stereocenters. The van der Waals surface area contributed by atoms with Gasteiger partial charge < -0.3 is 20.4 Å². The van der Waals surface area contributed by atoms with E-state index in [9.17, 15) is 5.11 Å². The number of hydrogen-bond donors (Lipinski definition) is 4. The van der Waals surface area contributed by atoms with Gasteiger partial charge in [-0.25, -0.2) is 0 Å². The second-order valence-electron chi connectivity index (χ2n) is 3.00. The lowest BCUT2D eigenvalue weighted by Gasteiger charge is -2.29. The summed E-state index contributed by atoms with van der Waals surface area (Å²) in [7, 11) is 0. The van der Waals surface area contributed by atoms with E-state index in [1.54, 1.807) is 6.92 Å². The molecule has 1 unspecified atom stereocenters. The van der Waals surface area contributed by atoms with Crippen molar-refractivity contribution in [1.82, 2.24) is 0 Å². The van der Waals surface area contributed by atoms with Crippen molar-refractivity contribution in [1.29, 1.82) is 0 Å². The predicted octanol–water partition coefficient (Wildman–Crippen LogP) is -1.28. The highest BCUT2D eigenvalue weighted by Crippen LogP contribution is 2.21. The van der Waals surface area contributed by atoms with Gasteiger partial charge in [0.15, 0.2) is 0 Å². The highest BCUT2D eigenvalue weighted by molar-refractivity contribution is 4.80. The molecule has 4 heteroatoms. The van der Waals surface area contributed by atoms with Crippen LogP contribution in [-0.4, -0.2) is 46.4 Å². The summed E-state index contributed by atoms with van der Waals surface area (Å²) in [4.78, 5) is 0. The third-order valence-electron chi connectivity index (χ3n) is 1.93. The average Bonchev–Trinajstić information content (AvgIpc) is 2.03. The Hall–Kier alpha value is -0.160. The first-order valence-corrected chi connectivity index (χ1v) is 3.61. The van der Waals surface area contributed by atoms with Crippen LogP contribution < -0.4 is 0 Å². The van der Waals surface area contributed by atoms with Crippen molar-refractivity contribution in [2.45, 2.75) is 19.4 Å². The van der Waals surface area contributed by atoms with Crippen LogP contribution in [-0.2, 0) is 0 Å². The zero-order chi connectivity index (χ0) is 8.91. The lowest BCUT2D eigenvalue weighted by molar-refractivity contribution is -0.0496. The Morgan fingerprint density at radius 3 is 1.91 bits per heavy atom. The molecule has 11 heavy (non-hydrogen) atoms. The molecule has 0 saturated carbocycles. The Kier molecular flexibility index (Phi) is 4.60. The summed E-state index contributed by atoms with van der Waals surface area (Å²) in [6, 6.07) is 0. The number of rotatable bonds is 5. The van der Waals surface area contributed by atoms with E-state index in [4.69, 9.17) is 15.3 Å². The van der Waals surface area contributed by atoms with Gasteiger partial charge in [0.05, 0.1) is 19.3 Å². The van der Waals surface area contributed by atoms with Gasteiger partial charge in [-0.3, -0.25) is 0 Å². The molecule has 0 aliphatic rings. The summed E-state index contributed by atoms with van der Waals surface area (Å²) in [5.74, 6) is 0. The zero-order valence-corrected chi connectivity index (χ0v) is 6.69. The molecule has 4 N–H and O–H groups in total. The molecule has 0 saturated heterocycles. The third-order valence-corrected chi connectivity index (χ3v) is 1.93. The molecule has 0 rings (SSSR count). The van der Waals surface area contributed by atoms with Crippen molar-refractivity contribution in [3.8, 4) is 0 Å². The molecule has 0 fully saturated rings. The van der Waals surface area contributed by atoms with E-state index in [0.717, 1.165) is 0 Å². The van der Waals surface area contributed by atoms with E-state index in [0.29, 0.717) is 0 Å². The third kappa shape index (κ3) is 2.75. The standard InChI is InChI=1S/C7H16O4/c1-7(4-9,5-10)6(11)2-3-8/h6,8-11H,2-5H2,1H3. The molecule has 0 aliphatic carbocycles. The van der Waals surface area contributed by atoms with Gasteiger partial charge in [0.2, 0.25) is 0 Å². The lowest BCUT2D eigenvalue weighted by Crippen LogP contribution is -2.39. The van der Waals surface area contributed by atoms with Crippen LogP contribution in [0.1, 0.15) is 13.3 Å². The van der Waals surface area contributed by atoms with E-state index in [1.165, 1.54) is 0 Å². The monoisotopic (exact) mass is 164 g/mol. The van der Waals surface area contributed by atoms with Crippen LogP contribution in [0.25, 0.3) is 0 Å². The van der Waals surface area contributed by atoms with Crippen molar-refractivity contribution in [2.24, 2.45) is 5.41 Å². The summed E-state index contributed by atoms with van der Waals surface area (Å²) < 4.78 is 0. The molecule has 0 amide bonds. The molecular formula is C7H16O4. The van der Waals surface area contributed by atoms with Crippen LogP contribution in [0.3, 0.4) is 0 Å². The number of aliphatic hydroxyl groups excluding tert-OH is 4. The lowest BCUT2D eigenvalue weighted by atomic mass is 9.84. The second kappa shape index (κ2) is 4.66. The fourth-order valence-corrected chi connectivity index (χ4v) is 0.731. The first-order valence-electron chi connectivity index (χ1n) is 3.61. The maximum absolute atomic E-state index is 9.29. The van der Waals surface area contributed by atoms with Crippen LogP contribution in [0.4, 0.5) is 0 Å². The highest BCUT2D eigenvalue weighted by Gasteiger charge is 2.31. The minimum Gasteiger partial charge on any atom is -0.396 e. The van der Waals surface area contributed by atoms with Gasteiger partial charge in [-0.2, -0.15) is 0 Å². The van der Waals surface area contributed by atoms with Gasteiger partial charge >= 0.3 is 0 Å². The number of hydrogen-bond acceptors (Lipinski definition) is 4. The first kappa shape index (κ1) is 10.8. The second-order valence-corrected chi connectivity index (χ2v) is 3.00. The maximum Gasteiger partial charge on any atom is 0.0659 e. The largest absolute Gasteiger partial charge is 0.396 e. The molecule has 0 radical (unpaired) electrons. The molecule has 68 valence electrons. The Balaban J connectivity index is 4.00. The van der Waals surface area contributed by atoms with Crippen LogP contribution in [0, 0.1) is 5.41 Å². The fourth-order valence-electron chi connectivity index (χ4n) is 0.731. The highest BCUT2D eigenvalue weighted by atomic mass is 16.3. The summed E-state index contributed by atoms with van der Waals surface area (Å²) in [5, 5.41) is 35.3. The summed E-state index contributed by atoms with van der Waals surface area (Å²) in [6.07, 6.45) is -0.681. The van der Waals surface area contributed by atoms with E-state index < -0.39 is 11.5 Å². The van der Waals surface area contributed by atoms with E-state index in [-0.39, 0.29) is 26.2 Å². The normalized spacial score (nSPS) is 15.0. The topological polar surface area (TPSA) is 80.9 Å². The van der Waals surface area contributed by atoms with Gasteiger partial charge in [-0.15, -0.1) is 0 Å². The predicted molar refractivity (Wildman–Crippen MR) is 40.0 cm³/mol. The van der Waals surface area contributed by atoms with Crippen molar-refractivity contribution in [2.75, 3.05) is 19.8 Å². The van der Waals surface area contributed by atoms with Gasteiger partial charge in [0.25, 0.3) is 0 Å². The minimum absolute atomic E-state index is 0.142. The SMILES string of the molecule is CC(CO)(CO)C(O)CCO. The van der Waals surface area contributed by atoms with Crippen LogP contribution in [0.5, 0.6) is 0 Å². The molecular weight excluding hydrogens is 148 g/mol. The maximum atomic E-state index is 9.29. The quantitative estimate of drug-likeness (QED) is 0.408. The Morgan fingerprint density at radius 2 is 1.64 bits per heavy atom. The fraction of sp³-hybridized carbons (Fsp3) is 1.00. The molecule has 0 aromatic carbocycles. The average molecular weight is 164 g/mol. The van der Waals surface area contributed by atoms with Gasteiger partial charge in [0.1, 0.15) is 0 Å². The van der Waals surface area contributed by atoms with Gasteiger partial charge in [-0.1, -0.05) is 6.92 Å². The minimum atomic E-state index is -0.900. The molecule has 0 aliphatic heterocycles. The molecule has 0 aromatic rings. The molecule has 4 nitrogen and oxygen atoms in total. The zero-order valence-electron chi connectivity index (χ0n) is 6.69. The molecule has 0 aromatic heterocycles. The Bertz CT molecular complexity index is 101. The van der Waals surface area contributed by atoms with Gasteiger partial charge in [0, 0.05) is 12.0 Å². The Morgan fingerprint density at radius 1 is 1.18 bits per heavy atom. The van der Waals surface area contributed by atoms with E-state index >= 15 is 0 Å². The summed E-state index contributed by atoms with van der Waals surface area (Å²) in [6.45, 7) is 0.847. The molecule has 0 bridgehead atoms. The van der Waals surface area contributed by atoms with Crippen LogP contribution in [0.15, 0.2) is 0 Å². The van der Waals surface area contributed by atoms with Crippen LogP contribution in [0.2, 0.25) is 0 Å². The van der Waals surface area contributed by atoms with Crippen LogP contribution >= 0.6 is 0 Å². The van der Waals surface area contributed by atoms with Crippen molar-refractivity contribution in [3.63, 3.8) is 0 Å². The molecule has 0 spiro atoms. The number of aliphatic hydroxyl groups is 4. The summed E-state index contributed by atoms with van der Waals surface area (Å²) in [5.41, 5.74) is -0.900. The van der Waals surface area contributed by atoms with E-state index in [2.05, 4.69) is 0 Å². The van der Waals surface area contributed by atoms with E-state index in [1.807, 2.05) is 0 Å². The van der Waals surface area contributed by atoms with Crippen molar-refractivity contribution in [3.05, 3.63) is 0 Å². The molecule has 0 heterocycles. The van der Waals surface area contributed by atoms with Crippen molar-refractivity contribution >= 4 is 0 Å². The Labute approximate surface area is 66.1 Å². The first-order chi connectivity index (χ1) is 5.10. The van der Waals surface area contributed by atoms with Crippen molar-refractivity contribution < 1.29 is 20.4 Å².